The SMILES string of the molecule is Cl.N#Cc1ccc(N2CCN(CC3CCCN(c4nc(N)n5nc(-c6ccco6)nc5n4)C3)CC2)cc1C(=O)O. The number of hydrogen-bond acceptors (Lipinski definition) is 11. The molecule has 2 saturated heterocycles. The average molecular weight is 565 g/mol. The normalized spacial score (nSPS) is 17.9. The Morgan fingerprint density at radius 3 is 2.67 bits per heavy atom. The van der Waals surface area contributed by atoms with Gasteiger partial charge in [0.25, 0.3) is 5.78 Å². The molecule has 0 amide bonds. The van der Waals surface area contributed by atoms with Crippen LogP contribution >= 0.6 is 12.4 Å². The van der Waals surface area contributed by atoms with E-state index in [-0.39, 0.29) is 29.5 Å². The molecule has 208 valence electrons. The molecule has 0 spiro atoms. The van der Waals surface area contributed by atoms with Crippen molar-refractivity contribution in [2.75, 3.05) is 61.3 Å². The third kappa shape index (κ3) is 5.36. The Morgan fingerprint density at radius 1 is 1.12 bits per heavy atom. The van der Waals surface area contributed by atoms with Gasteiger partial charge < -0.3 is 25.1 Å². The Morgan fingerprint density at radius 2 is 1.95 bits per heavy atom. The molecule has 13 nitrogen and oxygen atoms in total. The Balaban J connectivity index is 0.00000323. The number of carboxylic acids is 1. The number of anilines is 3. The summed E-state index contributed by atoms with van der Waals surface area (Å²) in [6.45, 7) is 5.98. The van der Waals surface area contributed by atoms with Gasteiger partial charge in [-0.15, -0.1) is 17.5 Å². The molecule has 4 aromatic rings. The molecule has 1 unspecified atom stereocenters. The lowest BCUT2D eigenvalue weighted by Crippen LogP contribution is -2.50. The highest BCUT2D eigenvalue weighted by Crippen LogP contribution is 2.25. The van der Waals surface area contributed by atoms with Crippen molar-refractivity contribution in [3.8, 4) is 17.7 Å². The lowest BCUT2D eigenvalue weighted by Gasteiger charge is -2.40. The number of hydrogen-bond donors (Lipinski definition) is 2. The van der Waals surface area contributed by atoms with Crippen molar-refractivity contribution in [3.63, 3.8) is 0 Å². The maximum absolute atomic E-state index is 11.5. The third-order valence-corrected chi connectivity index (χ3v) is 7.37. The predicted octanol–water partition coefficient (Wildman–Crippen LogP) is 2.39. The van der Waals surface area contributed by atoms with Gasteiger partial charge in [0.15, 0.2) is 5.76 Å². The monoisotopic (exact) mass is 564 g/mol. The van der Waals surface area contributed by atoms with E-state index < -0.39 is 5.97 Å². The number of nitrogen functional groups attached to an aromatic ring is 1. The first-order valence-electron chi connectivity index (χ1n) is 12.9. The maximum Gasteiger partial charge on any atom is 0.337 e. The van der Waals surface area contributed by atoms with Crippen LogP contribution in [0.5, 0.6) is 0 Å². The number of piperazine rings is 1. The molecule has 0 saturated carbocycles. The van der Waals surface area contributed by atoms with E-state index >= 15 is 0 Å². The number of carboxylic acid groups (broad SMARTS) is 1. The van der Waals surface area contributed by atoms with Crippen LogP contribution in [0.4, 0.5) is 17.6 Å². The number of rotatable bonds is 6. The van der Waals surface area contributed by atoms with E-state index in [4.69, 9.17) is 10.2 Å². The number of halogens is 1. The van der Waals surface area contributed by atoms with Crippen LogP contribution in [0.3, 0.4) is 0 Å². The molecule has 14 heteroatoms. The lowest BCUT2D eigenvalue weighted by atomic mass is 9.97. The van der Waals surface area contributed by atoms with E-state index in [2.05, 4.69) is 34.8 Å². The topological polar surface area (TPSA) is 166 Å². The van der Waals surface area contributed by atoms with Crippen LogP contribution in [-0.2, 0) is 0 Å². The van der Waals surface area contributed by atoms with Crippen LogP contribution in [0, 0.1) is 17.2 Å². The second kappa shape index (κ2) is 11.4. The highest BCUT2D eigenvalue weighted by atomic mass is 35.5. The number of benzene rings is 1. The highest BCUT2D eigenvalue weighted by molar-refractivity contribution is 5.92. The number of nitriles is 1. The summed E-state index contributed by atoms with van der Waals surface area (Å²) in [6.07, 6.45) is 3.73. The van der Waals surface area contributed by atoms with Crippen LogP contribution in [0.15, 0.2) is 41.0 Å². The van der Waals surface area contributed by atoms with Gasteiger partial charge in [0, 0.05) is 51.5 Å². The number of aromatic nitrogens is 5. The number of piperidine rings is 1. The van der Waals surface area contributed by atoms with Crippen molar-refractivity contribution in [3.05, 3.63) is 47.7 Å². The standard InChI is InChI=1S/C26H28N10O3.ClH/c27-14-18-5-6-19(13-20(18)23(37)38)34-10-8-33(9-11-34)15-17-3-1-7-35(16-17)25-30-24(28)36-26(31-25)29-22(32-36)21-4-2-12-39-21;/h2,4-6,12-13,17H,1,3,7-11,15-16H2,(H,37,38)(H2,28,29,30,31,32);1H. The number of fused-ring (bicyclic) bond motifs is 1. The van der Waals surface area contributed by atoms with Gasteiger partial charge in [-0.05, 0) is 49.1 Å². The van der Waals surface area contributed by atoms with Gasteiger partial charge in [0.1, 0.15) is 6.07 Å². The Bertz CT molecular complexity index is 1540. The maximum atomic E-state index is 11.5. The summed E-state index contributed by atoms with van der Waals surface area (Å²) in [5.41, 5.74) is 7.27. The average Bonchev–Trinajstić information content (AvgIpc) is 3.64. The first-order chi connectivity index (χ1) is 19.0. The first-order valence-corrected chi connectivity index (χ1v) is 12.9. The molecule has 3 aromatic heterocycles. The van der Waals surface area contributed by atoms with Gasteiger partial charge >= 0.3 is 5.97 Å². The largest absolute Gasteiger partial charge is 0.478 e. The van der Waals surface area contributed by atoms with Gasteiger partial charge in [0.2, 0.25) is 17.7 Å². The minimum absolute atomic E-state index is 0. The minimum atomic E-state index is -1.08. The molecule has 0 aliphatic carbocycles. The molecule has 1 aromatic carbocycles. The number of furan rings is 1. The van der Waals surface area contributed by atoms with E-state index in [9.17, 15) is 15.2 Å². The quantitative estimate of drug-likeness (QED) is 0.351. The fraction of sp³-hybridized carbons (Fsp3) is 0.385. The molecule has 3 N–H and O–H groups in total. The van der Waals surface area contributed by atoms with Gasteiger partial charge in [-0.2, -0.15) is 24.7 Å². The number of aromatic carboxylic acids is 1. The summed E-state index contributed by atoms with van der Waals surface area (Å²) < 4.78 is 6.82. The molecule has 2 aliphatic heterocycles. The second-order valence-corrected chi connectivity index (χ2v) is 9.90. The van der Waals surface area contributed by atoms with Crippen molar-refractivity contribution in [1.29, 1.82) is 5.26 Å². The molecule has 2 aliphatic rings. The number of nitrogens with zero attached hydrogens (tertiary/aromatic N) is 9. The zero-order valence-electron chi connectivity index (χ0n) is 21.7. The molecule has 5 heterocycles. The van der Waals surface area contributed by atoms with Gasteiger partial charge in [-0.1, -0.05) is 0 Å². The van der Waals surface area contributed by atoms with Crippen molar-refractivity contribution >= 4 is 41.7 Å². The van der Waals surface area contributed by atoms with E-state index in [0.717, 1.165) is 64.3 Å². The molecular weight excluding hydrogens is 536 g/mol. The molecule has 0 radical (unpaired) electrons. The summed E-state index contributed by atoms with van der Waals surface area (Å²) in [5, 5.41) is 23.0. The van der Waals surface area contributed by atoms with Crippen LogP contribution in [-0.4, -0.2) is 86.4 Å². The lowest BCUT2D eigenvalue weighted by molar-refractivity contribution is 0.0696. The van der Waals surface area contributed by atoms with Crippen molar-refractivity contribution in [2.24, 2.45) is 5.92 Å². The van der Waals surface area contributed by atoms with Crippen LogP contribution < -0.4 is 15.5 Å². The Hall–Kier alpha value is -4.41. The molecule has 2 fully saturated rings. The Labute approximate surface area is 236 Å². The number of carbonyl (C=O) groups is 1. The smallest absolute Gasteiger partial charge is 0.337 e. The van der Waals surface area contributed by atoms with E-state index in [1.165, 1.54) is 4.52 Å². The van der Waals surface area contributed by atoms with E-state index in [1.807, 2.05) is 12.1 Å². The number of nitrogens with two attached hydrogens (primary N) is 1. The molecule has 6 rings (SSSR count). The fourth-order valence-electron chi connectivity index (χ4n) is 5.40. The minimum Gasteiger partial charge on any atom is -0.478 e. The Kier molecular flexibility index (Phi) is 7.72. The summed E-state index contributed by atoms with van der Waals surface area (Å²) in [4.78, 5) is 32.0. The van der Waals surface area contributed by atoms with E-state index in [1.54, 1.807) is 30.5 Å². The summed E-state index contributed by atoms with van der Waals surface area (Å²) in [5.74, 6) is 1.50. The predicted molar refractivity (Wildman–Crippen MR) is 150 cm³/mol. The zero-order chi connectivity index (χ0) is 26.9. The van der Waals surface area contributed by atoms with Crippen molar-refractivity contribution < 1.29 is 14.3 Å². The van der Waals surface area contributed by atoms with Crippen molar-refractivity contribution in [2.45, 2.75) is 12.8 Å². The van der Waals surface area contributed by atoms with Gasteiger partial charge in [-0.3, -0.25) is 4.90 Å². The van der Waals surface area contributed by atoms with Gasteiger partial charge in [-0.25, -0.2) is 4.79 Å². The molecule has 40 heavy (non-hydrogen) atoms. The summed E-state index contributed by atoms with van der Waals surface area (Å²) in [7, 11) is 0. The molecular formula is C26H29ClN10O3. The van der Waals surface area contributed by atoms with Crippen LogP contribution in [0.1, 0.15) is 28.8 Å². The highest BCUT2D eigenvalue weighted by Gasteiger charge is 2.27. The second-order valence-electron chi connectivity index (χ2n) is 9.90. The molecule has 1 atom stereocenters. The third-order valence-electron chi connectivity index (χ3n) is 7.37. The zero-order valence-corrected chi connectivity index (χ0v) is 22.5. The summed E-state index contributed by atoms with van der Waals surface area (Å²) in [6, 6.07) is 10.5. The van der Waals surface area contributed by atoms with Gasteiger partial charge in [0.05, 0.1) is 17.4 Å². The van der Waals surface area contributed by atoms with Crippen molar-refractivity contribution in [1.82, 2.24) is 29.5 Å². The van der Waals surface area contributed by atoms with Crippen LogP contribution in [0.25, 0.3) is 17.4 Å². The molecule has 0 bridgehead atoms. The summed E-state index contributed by atoms with van der Waals surface area (Å²) >= 11 is 0. The van der Waals surface area contributed by atoms with Crippen LogP contribution in [0.2, 0.25) is 0 Å². The fourth-order valence-corrected chi connectivity index (χ4v) is 5.40. The van der Waals surface area contributed by atoms with E-state index in [0.29, 0.717) is 29.2 Å². The first kappa shape index (κ1) is 27.2.